The van der Waals surface area contributed by atoms with E-state index in [1.807, 2.05) is 0 Å². The molecule has 0 bridgehead atoms. The highest BCUT2D eigenvalue weighted by atomic mass is 16.8. The standard InChI is InChI=1S/C11H18N2O/c1-2-4-7-10(6-3-1)11-8-5-9-12-14-13-11/h6,12H,1-5,7-9H2. The Hall–Kier alpha value is -0.830. The van der Waals surface area contributed by atoms with E-state index < -0.39 is 0 Å². The Balaban J connectivity index is 2.03. The van der Waals surface area contributed by atoms with Crippen LogP contribution in [0.15, 0.2) is 16.8 Å². The molecular weight excluding hydrogens is 176 g/mol. The maximum Gasteiger partial charge on any atom is 0.0851 e. The minimum atomic E-state index is 0.903. The maximum absolute atomic E-state index is 5.00. The Morgan fingerprint density at radius 1 is 1.14 bits per heavy atom. The SMILES string of the molecule is C1=C(C2=NONCCC2)CCCCC1. The third-order valence-electron chi connectivity index (χ3n) is 2.82. The highest BCUT2D eigenvalue weighted by Crippen LogP contribution is 2.20. The van der Waals surface area contributed by atoms with Crippen LogP contribution >= 0.6 is 0 Å². The molecule has 0 radical (unpaired) electrons. The van der Waals surface area contributed by atoms with Crippen molar-refractivity contribution in [2.45, 2.75) is 44.9 Å². The molecule has 0 aromatic rings. The molecule has 0 saturated carbocycles. The molecule has 1 aliphatic heterocycles. The summed E-state index contributed by atoms with van der Waals surface area (Å²) in [7, 11) is 0. The molecule has 0 unspecified atom stereocenters. The number of nitrogens with one attached hydrogen (secondary N) is 1. The van der Waals surface area contributed by atoms with Gasteiger partial charge in [-0.25, -0.2) is 0 Å². The second-order valence-electron chi connectivity index (χ2n) is 3.96. The first-order valence-corrected chi connectivity index (χ1v) is 5.62. The average Bonchev–Trinajstić information content (AvgIpc) is 2.62. The van der Waals surface area contributed by atoms with E-state index in [2.05, 4.69) is 16.7 Å². The first-order chi connectivity index (χ1) is 6.97. The van der Waals surface area contributed by atoms with Crippen molar-refractivity contribution < 1.29 is 4.94 Å². The van der Waals surface area contributed by atoms with Crippen molar-refractivity contribution in [1.82, 2.24) is 5.48 Å². The summed E-state index contributed by atoms with van der Waals surface area (Å²) in [5, 5.41) is 4.13. The van der Waals surface area contributed by atoms with E-state index in [1.54, 1.807) is 0 Å². The molecule has 1 N–H and O–H groups in total. The molecule has 0 spiro atoms. The predicted molar refractivity (Wildman–Crippen MR) is 56.9 cm³/mol. The second kappa shape index (κ2) is 5.15. The number of nitrogens with zero attached hydrogens (tertiary/aromatic N) is 1. The summed E-state index contributed by atoms with van der Waals surface area (Å²) >= 11 is 0. The molecule has 3 nitrogen and oxygen atoms in total. The Morgan fingerprint density at radius 3 is 3.14 bits per heavy atom. The summed E-state index contributed by atoms with van der Waals surface area (Å²) in [5.74, 6) is 0. The highest BCUT2D eigenvalue weighted by Gasteiger charge is 2.12. The van der Waals surface area contributed by atoms with Gasteiger partial charge in [0.2, 0.25) is 0 Å². The van der Waals surface area contributed by atoms with E-state index >= 15 is 0 Å². The molecular formula is C11H18N2O. The number of hydrogen-bond donors (Lipinski definition) is 1. The lowest BCUT2D eigenvalue weighted by molar-refractivity contribution is 0.0511. The van der Waals surface area contributed by atoms with Crippen LogP contribution < -0.4 is 5.48 Å². The van der Waals surface area contributed by atoms with E-state index in [4.69, 9.17) is 4.94 Å². The lowest BCUT2D eigenvalue weighted by Gasteiger charge is -2.05. The number of allylic oxidation sites excluding steroid dienone is 2. The maximum atomic E-state index is 5.00. The lowest BCUT2D eigenvalue weighted by atomic mass is 10.0. The number of rotatable bonds is 1. The zero-order valence-electron chi connectivity index (χ0n) is 8.59. The van der Waals surface area contributed by atoms with Crippen LogP contribution in [-0.2, 0) is 4.94 Å². The molecule has 0 aromatic carbocycles. The van der Waals surface area contributed by atoms with Gasteiger partial charge in [-0.3, -0.25) is 4.94 Å². The number of oxime groups is 1. The summed E-state index contributed by atoms with van der Waals surface area (Å²) in [5.41, 5.74) is 5.40. The van der Waals surface area contributed by atoms with Gasteiger partial charge in [-0.15, -0.1) is 5.48 Å². The molecule has 2 rings (SSSR count). The van der Waals surface area contributed by atoms with Gasteiger partial charge in [0, 0.05) is 6.54 Å². The van der Waals surface area contributed by atoms with Crippen molar-refractivity contribution in [2.24, 2.45) is 5.16 Å². The van der Waals surface area contributed by atoms with Gasteiger partial charge >= 0.3 is 0 Å². The van der Waals surface area contributed by atoms with Gasteiger partial charge in [-0.1, -0.05) is 17.7 Å². The lowest BCUT2D eigenvalue weighted by Crippen LogP contribution is -2.09. The number of hydroxylamine groups is 1. The molecule has 0 amide bonds. The van der Waals surface area contributed by atoms with Gasteiger partial charge in [-0.2, -0.15) is 0 Å². The van der Waals surface area contributed by atoms with Crippen molar-refractivity contribution >= 4 is 5.71 Å². The molecule has 3 heteroatoms. The molecule has 0 aromatic heterocycles. The fourth-order valence-electron chi connectivity index (χ4n) is 2.00. The van der Waals surface area contributed by atoms with Gasteiger partial charge in [0.25, 0.3) is 0 Å². The fraction of sp³-hybridized carbons (Fsp3) is 0.727. The normalized spacial score (nSPS) is 24.0. The Labute approximate surface area is 85.2 Å². The highest BCUT2D eigenvalue weighted by molar-refractivity contribution is 5.99. The zero-order chi connectivity index (χ0) is 9.64. The molecule has 14 heavy (non-hydrogen) atoms. The molecule has 2 aliphatic rings. The molecule has 0 saturated heterocycles. The summed E-state index contributed by atoms with van der Waals surface area (Å²) in [6.45, 7) is 0.903. The minimum Gasteiger partial charge on any atom is -0.300 e. The van der Waals surface area contributed by atoms with Crippen molar-refractivity contribution in [1.29, 1.82) is 0 Å². The first kappa shape index (κ1) is 9.71. The summed E-state index contributed by atoms with van der Waals surface area (Å²) in [4.78, 5) is 5.00. The quantitative estimate of drug-likeness (QED) is 0.696. The molecule has 0 fully saturated rings. The monoisotopic (exact) mass is 194 g/mol. The Bertz CT molecular complexity index is 220. The topological polar surface area (TPSA) is 33.6 Å². The van der Waals surface area contributed by atoms with E-state index in [-0.39, 0.29) is 0 Å². The second-order valence-corrected chi connectivity index (χ2v) is 3.96. The van der Waals surface area contributed by atoms with Crippen LogP contribution in [-0.4, -0.2) is 12.3 Å². The average molecular weight is 194 g/mol. The molecule has 1 heterocycles. The van der Waals surface area contributed by atoms with Crippen molar-refractivity contribution in [3.8, 4) is 0 Å². The van der Waals surface area contributed by atoms with Crippen molar-refractivity contribution in [3.63, 3.8) is 0 Å². The first-order valence-electron chi connectivity index (χ1n) is 5.62. The van der Waals surface area contributed by atoms with E-state index in [0.717, 1.165) is 25.1 Å². The zero-order valence-corrected chi connectivity index (χ0v) is 8.59. The largest absolute Gasteiger partial charge is 0.300 e. The van der Waals surface area contributed by atoms with Crippen LogP contribution in [0.2, 0.25) is 0 Å². The third kappa shape index (κ3) is 2.58. The fourth-order valence-corrected chi connectivity index (χ4v) is 2.00. The van der Waals surface area contributed by atoms with E-state index in [9.17, 15) is 0 Å². The van der Waals surface area contributed by atoms with Crippen LogP contribution in [0.3, 0.4) is 0 Å². The van der Waals surface area contributed by atoms with Crippen LogP contribution in [0.1, 0.15) is 44.9 Å². The predicted octanol–water partition coefficient (Wildman–Crippen LogP) is 2.55. The van der Waals surface area contributed by atoms with Gasteiger partial charge in [-0.05, 0) is 44.1 Å². The third-order valence-corrected chi connectivity index (χ3v) is 2.82. The molecule has 1 aliphatic carbocycles. The van der Waals surface area contributed by atoms with E-state index in [0.29, 0.717) is 0 Å². The van der Waals surface area contributed by atoms with E-state index in [1.165, 1.54) is 37.7 Å². The Kier molecular flexibility index (Phi) is 3.57. The van der Waals surface area contributed by atoms with Gasteiger partial charge in [0.05, 0.1) is 5.71 Å². The van der Waals surface area contributed by atoms with Crippen LogP contribution in [0.25, 0.3) is 0 Å². The summed E-state index contributed by atoms with van der Waals surface area (Å²) in [6.07, 6.45) is 10.9. The summed E-state index contributed by atoms with van der Waals surface area (Å²) < 4.78 is 0. The van der Waals surface area contributed by atoms with Crippen LogP contribution in [0.5, 0.6) is 0 Å². The molecule has 78 valence electrons. The van der Waals surface area contributed by atoms with Gasteiger partial charge in [0.1, 0.15) is 0 Å². The van der Waals surface area contributed by atoms with Gasteiger partial charge < -0.3 is 0 Å². The van der Waals surface area contributed by atoms with Crippen LogP contribution in [0.4, 0.5) is 0 Å². The van der Waals surface area contributed by atoms with Crippen LogP contribution in [0, 0.1) is 0 Å². The van der Waals surface area contributed by atoms with Crippen molar-refractivity contribution in [3.05, 3.63) is 11.6 Å². The minimum absolute atomic E-state index is 0.903. The number of hydrogen-bond acceptors (Lipinski definition) is 3. The molecule has 0 atom stereocenters. The van der Waals surface area contributed by atoms with Gasteiger partial charge in [0.15, 0.2) is 0 Å². The Morgan fingerprint density at radius 2 is 2.14 bits per heavy atom. The smallest absolute Gasteiger partial charge is 0.0851 e. The summed E-state index contributed by atoms with van der Waals surface area (Å²) in [6, 6.07) is 0. The van der Waals surface area contributed by atoms with Crippen molar-refractivity contribution in [2.75, 3.05) is 6.54 Å².